The topological polar surface area (TPSA) is 66.0 Å². The zero-order valence-corrected chi connectivity index (χ0v) is 11.3. The van der Waals surface area contributed by atoms with Gasteiger partial charge in [-0.25, -0.2) is 4.39 Å². The first kappa shape index (κ1) is 13.1. The number of nitrogens with zero attached hydrogens (tertiary/aromatic N) is 3. The summed E-state index contributed by atoms with van der Waals surface area (Å²) in [6.07, 6.45) is 0. The van der Waals surface area contributed by atoms with E-state index in [1.54, 1.807) is 19.2 Å². The van der Waals surface area contributed by atoms with E-state index in [1.165, 1.54) is 16.8 Å². The highest BCUT2D eigenvalue weighted by Crippen LogP contribution is 2.32. The normalized spacial score (nSPS) is 10.6. The Morgan fingerprint density at radius 1 is 1.10 bits per heavy atom. The summed E-state index contributed by atoms with van der Waals surface area (Å²) in [5.41, 5.74) is 8.04. The number of methoxy groups -OCH3 is 1. The molecular formula is C15H13FN4O. The molecule has 0 saturated heterocycles. The summed E-state index contributed by atoms with van der Waals surface area (Å²) in [5, 5.41) is 8.14. The smallest absolute Gasteiger partial charge is 0.156 e. The van der Waals surface area contributed by atoms with E-state index in [1.807, 2.05) is 24.3 Å². The molecule has 0 atom stereocenters. The molecule has 3 aromatic rings. The van der Waals surface area contributed by atoms with Crippen molar-refractivity contribution < 1.29 is 9.13 Å². The van der Waals surface area contributed by atoms with Crippen molar-refractivity contribution in [3.05, 3.63) is 54.3 Å². The second-order valence-electron chi connectivity index (χ2n) is 4.41. The van der Waals surface area contributed by atoms with Gasteiger partial charge in [-0.15, -0.1) is 5.10 Å². The van der Waals surface area contributed by atoms with Crippen molar-refractivity contribution in [2.45, 2.75) is 0 Å². The number of nitrogen functional groups attached to an aromatic ring is 1. The van der Waals surface area contributed by atoms with Crippen LogP contribution in [-0.2, 0) is 0 Å². The van der Waals surface area contributed by atoms with Crippen LogP contribution in [0.4, 0.5) is 10.2 Å². The first-order chi connectivity index (χ1) is 10.2. The lowest BCUT2D eigenvalue weighted by Crippen LogP contribution is -2.02. The van der Waals surface area contributed by atoms with Crippen molar-refractivity contribution in [2.24, 2.45) is 0 Å². The predicted molar refractivity (Wildman–Crippen MR) is 77.7 cm³/mol. The third-order valence-electron chi connectivity index (χ3n) is 3.14. The van der Waals surface area contributed by atoms with Crippen molar-refractivity contribution in [2.75, 3.05) is 12.8 Å². The van der Waals surface area contributed by atoms with Gasteiger partial charge in [-0.3, -0.25) is 0 Å². The van der Waals surface area contributed by atoms with E-state index in [4.69, 9.17) is 10.5 Å². The van der Waals surface area contributed by atoms with Crippen molar-refractivity contribution in [3.8, 4) is 22.7 Å². The monoisotopic (exact) mass is 284 g/mol. The predicted octanol–water partition coefficient (Wildman–Crippen LogP) is 2.66. The van der Waals surface area contributed by atoms with Crippen LogP contribution in [0.15, 0.2) is 48.5 Å². The van der Waals surface area contributed by atoms with Crippen LogP contribution in [0.5, 0.6) is 5.75 Å². The van der Waals surface area contributed by atoms with Gasteiger partial charge in [-0.05, 0) is 36.4 Å². The minimum absolute atomic E-state index is 0.317. The van der Waals surface area contributed by atoms with Gasteiger partial charge < -0.3 is 10.5 Å². The highest BCUT2D eigenvalue weighted by Gasteiger charge is 2.16. The quantitative estimate of drug-likeness (QED) is 0.803. The zero-order valence-electron chi connectivity index (χ0n) is 11.3. The third kappa shape index (κ3) is 2.31. The van der Waals surface area contributed by atoms with Crippen LogP contribution in [0.1, 0.15) is 0 Å². The fraction of sp³-hybridized carbons (Fsp3) is 0.0667. The van der Waals surface area contributed by atoms with Crippen molar-refractivity contribution >= 4 is 5.82 Å². The highest BCUT2D eigenvalue weighted by atomic mass is 19.1. The number of aromatic nitrogens is 3. The van der Waals surface area contributed by atoms with Crippen LogP contribution < -0.4 is 10.5 Å². The van der Waals surface area contributed by atoms with Crippen molar-refractivity contribution in [1.29, 1.82) is 0 Å². The lowest BCUT2D eigenvalue weighted by molar-refractivity contribution is 0.416. The Hall–Kier alpha value is -2.89. The highest BCUT2D eigenvalue weighted by molar-refractivity contribution is 5.75. The van der Waals surface area contributed by atoms with Gasteiger partial charge in [0.2, 0.25) is 0 Å². The van der Waals surface area contributed by atoms with Gasteiger partial charge in [0.1, 0.15) is 17.3 Å². The number of ether oxygens (including phenoxy) is 1. The van der Waals surface area contributed by atoms with Crippen molar-refractivity contribution in [1.82, 2.24) is 15.0 Å². The number of para-hydroxylation sites is 1. The summed E-state index contributed by atoms with van der Waals surface area (Å²) in [6, 6.07) is 13.3. The first-order valence-electron chi connectivity index (χ1n) is 6.31. The molecule has 0 amide bonds. The molecule has 0 unspecified atom stereocenters. The Labute approximate surface area is 120 Å². The number of rotatable bonds is 3. The fourth-order valence-corrected chi connectivity index (χ4v) is 2.09. The van der Waals surface area contributed by atoms with E-state index in [0.29, 0.717) is 22.9 Å². The maximum absolute atomic E-state index is 13.0. The Morgan fingerprint density at radius 2 is 1.81 bits per heavy atom. The van der Waals surface area contributed by atoms with Gasteiger partial charge in [-0.2, -0.15) is 4.68 Å². The average molecular weight is 284 g/mol. The van der Waals surface area contributed by atoms with Gasteiger partial charge in [-0.1, -0.05) is 17.3 Å². The fourth-order valence-electron chi connectivity index (χ4n) is 2.09. The van der Waals surface area contributed by atoms with Crippen LogP contribution >= 0.6 is 0 Å². The molecule has 21 heavy (non-hydrogen) atoms. The van der Waals surface area contributed by atoms with Gasteiger partial charge in [0.05, 0.1) is 12.8 Å². The number of hydrogen-bond donors (Lipinski definition) is 1. The van der Waals surface area contributed by atoms with Gasteiger partial charge >= 0.3 is 0 Å². The first-order valence-corrected chi connectivity index (χ1v) is 6.31. The minimum atomic E-state index is -0.317. The van der Waals surface area contributed by atoms with E-state index in [0.717, 1.165) is 5.56 Å². The van der Waals surface area contributed by atoms with Gasteiger partial charge in [0.25, 0.3) is 0 Å². The second-order valence-corrected chi connectivity index (χ2v) is 4.41. The molecule has 1 aromatic heterocycles. The summed E-state index contributed by atoms with van der Waals surface area (Å²) in [7, 11) is 1.58. The molecule has 5 nitrogen and oxygen atoms in total. The molecule has 0 aliphatic rings. The Kier molecular flexibility index (Phi) is 3.27. The lowest BCUT2D eigenvalue weighted by Gasteiger charge is -2.07. The molecule has 2 aromatic carbocycles. The second kappa shape index (κ2) is 5.24. The zero-order chi connectivity index (χ0) is 14.8. The van der Waals surface area contributed by atoms with Crippen LogP contribution in [0, 0.1) is 5.82 Å². The molecule has 0 aliphatic carbocycles. The number of hydrogen-bond acceptors (Lipinski definition) is 4. The molecule has 6 heteroatoms. The number of nitrogens with two attached hydrogens (primary N) is 1. The lowest BCUT2D eigenvalue weighted by atomic mass is 10.1. The molecule has 3 rings (SSSR count). The molecule has 0 bridgehead atoms. The molecule has 1 heterocycles. The summed E-state index contributed by atoms with van der Waals surface area (Å²) >= 11 is 0. The molecule has 106 valence electrons. The number of halogens is 1. The Bertz CT molecular complexity index is 768. The Morgan fingerprint density at radius 3 is 2.52 bits per heavy atom. The number of anilines is 1. The largest absolute Gasteiger partial charge is 0.496 e. The van der Waals surface area contributed by atoms with Crippen LogP contribution in [0.2, 0.25) is 0 Å². The summed E-state index contributed by atoms with van der Waals surface area (Å²) in [5.74, 6) is 0.712. The maximum atomic E-state index is 13.0. The average Bonchev–Trinajstić information content (AvgIpc) is 2.89. The SMILES string of the molecule is COc1ccccc1-c1nnn(-c2ccc(F)cc2)c1N. The van der Waals surface area contributed by atoms with Gasteiger partial charge in [0, 0.05) is 5.56 Å². The molecule has 0 fully saturated rings. The molecular weight excluding hydrogens is 271 g/mol. The summed E-state index contributed by atoms with van der Waals surface area (Å²) < 4.78 is 19.7. The van der Waals surface area contributed by atoms with Crippen LogP contribution in [0.25, 0.3) is 16.9 Å². The van der Waals surface area contributed by atoms with E-state index in [2.05, 4.69) is 10.3 Å². The van der Waals surface area contributed by atoms with Crippen molar-refractivity contribution in [3.63, 3.8) is 0 Å². The summed E-state index contributed by atoms with van der Waals surface area (Å²) in [4.78, 5) is 0. The summed E-state index contributed by atoms with van der Waals surface area (Å²) in [6.45, 7) is 0. The molecule has 2 N–H and O–H groups in total. The third-order valence-corrected chi connectivity index (χ3v) is 3.14. The van der Waals surface area contributed by atoms with E-state index in [9.17, 15) is 4.39 Å². The molecule has 0 spiro atoms. The molecule has 0 radical (unpaired) electrons. The molecule has 0 saturated carbocycles. The Balaban J connectivity index is 2.09. The standard InChI is InChI=1S/C15H13FN4O/c1-21-13-5-3-2-4-12(13)14-15(17)20(19-18-14)11-8-6-10(16)7-9-11/h2-9H,17H2,1H3. The van der Waals surface area contributed by atoms with Crippen LogP contribution in [0.3, 0.4) is 0 Å². The molecule has 0 aliphatic heterocycles. The van der Waals surface area contributed by atoms with E-state index < -0.39 is 0 Å². The van der Waals surface area contributed by atoms with E-state index in [-0.39, 0.29) is 5.82 Å². The number of benzene rings is 2. The van der Waals surface area contributed by atoms with E-state index >= 15 is 0 Å². The van der Waals surface area contributed by atoms with Gasteiger partial charge in [0.15, 0.2) is 5.82 Å². The maximum Gasteiger partial charge on any atom is 0.156 e. The minimum Gasteiger partial charge on any atom is -0.496 e. The van der Waals surface area contributed by atoms with Crippen LogP contribution in [-0.4, -0.2) is 22.1 Å².